The van der Waals surface area contributed by atoms with Crippen molar-refractivity contribution in [1.29, 1.82) is 0 Å². The molecule has 134 valence electrons. The van der Waals surface area contributed by atoms with E-state index in [1.807, 2.05) is 12.1 Å². The molecule has 5 nitrogen and oxygen atoms in total. The third-order valence-corrected chi connectivity index (χ3v) is 6.75. The molecular weight excluding hydrogens is 331 g/mol. The molecule has 2 aliphatic rings. The van der Waals surface area contributed by atoms with Crippen molar-refractivity contribution < 1.29 is 17.5 Å². The second-order valence-electron chi connectivity index (χ2n) is 6.85. The van der Waals surface area contributed by atoms with Gasteiger partial charge < -0.3 is 4.74 Å². The molecule has 1 aromatic carbocycles. The van der Waals surface area contributed by atoms with Gasteiger partial charge in [-0.05, 0) is 37.5 Å². The summed E-state index contributed by atoms with van der Waals surface area (Å²) in [5.74, 6) is 0. The third kappa shape index (κ3) is 4.14. The first-order valence-corrected chi connectivity index (χ1v) is 9.89. The van der Waals surface area contributed by atoms with Crippen molar-refractivity contribution in [3.05, 3.63) is 29.8 Å². The van der Waals surface area contributed by atoms with Crippen LogP contribution in [-0.2, 0) is 21.3 Å². The van der Waals surface area contributed by atoms with Crippen LogP contribution < -0.4 is 0 Å². The van der Waals surface area contributed by atoms with Gasteiger partial charge in [-0.2, -0.15) is 4.31 Å². The number of ether oxygens (including phenoxy) is 1. The minimum absolute atomic E-state index is 0.322. The van der Waals surface area contributed by atoms with Crippen molar-refractivity contribution in [3.8, 4) is 0 Å². The van der Waals surface area contributed by atoms with Gasteiger partial charge >= 0.3 is 0 Å². The molecule has 0 spiro atoms. The van der Waals surface area contributed by atoms with Gasteiger partial charge in [0.25, 0.3) is 0 Å². The van der Waals surface area contributed by atoms with E-state index < -0.39 is 15.7 Å². The van der Waals surface area contributed by atoms with E-state index in [0.29, 0.717) is 44.0 Å². The maximum absolute atomic E-state index is 13.8. The first-order valence-electron chi connectivity index (χ1n) is 8.45. The molecule has 0 amide bonds. The summed E-state index contributed by atoms with van der Waals surface area (Å²) in [6.45, 7) is 5.56. The van der Waals surface area contributed by atoms with E-state index in [9.17, 15) is 12.8 Å². The fourth-order valence-electron chi connectivity index (χ4n) is 3.14. The van der Waals surface area contributed by atoms with E-state index in [1.165, 1.54) is 4.31 Å². The number of hydrogen-bond donors (Lipinski definition) is 0. The number of morpholine rings is 1. The summed E-state index contributed by atoms with van der Waals surface area (Å²) in [5, 5.41) is 0. The lowest BCUT2D eigenvalue weighted by Crippen LogP contribution is -2.40. The summed E-state index contributed by atoms with van der Waals surface area (Å²) in [6, 6.07) is 7.06. The van der Waals surface area contributed by atoms with Crippen LogP contribution in [-0.4, -0.2) is 62.7 Å². The van der Waals surface area contributed by atoms with Crippen LogP contribution in [0.25, 0.3) is 0 Å². The summed E-state index contributed by atoms with van der Waals surface area (Å²) in [6.07, 6.45) is 1.10. The van der Waals surface area contributed by atoms with Crippen LogP contribution in [0.2, 0.25) is 0 Å². The molecular formula is C17H25FN2O3S. The zero-order valence-electron chi connectivity index (χ0n) is 14.1. The SMILES string of the molecule is CC1(F)CCN(Cc2ccc(S(=O)(=O)N3CCOCC3)cc2)CC1. The van der Waals surface area contributed by atoms with E-state index in [0.717, 1.165) is 25.2 Å². The van der Waals surface area contributed by atoms with Gasteiger partial charge in [-0.15, -0.1) is 0 Å². The Kier molecular flexibility index (Phi) is 5.24. The van der Waals surface area contributed by atoms with Gasteiger partial charge in [-0.3, -0.25) is 4.90 Å². The van der Waals surface area contributed by atoms with Crippen LogP contribution in [0.15, 0.2) is 29.2 Å². The molecule has 0 aromatic heterocycles. The first-order chi connectivity index (χ1) is 11.4. The van der Waals surface area contributed by atoms with Crippen molar-refractivity contribution in [1.82, 2.24) is 9.21 Å². The van der Waals surface area contributed by atoms with Gasteiger partial charge in [0.15, 0.2) is 0 Å². The second kappa shape index (κ2) is 7.07. The van der Waals surface area contributed by atoms with Crippen molar-refractivity contribution >= 4 is 10.0 Å². The molecule has 0 radical (unpaired) electrons. The van der Waals surface area contributed by atoms with E-state index in [4.69, 9.17) is 4.74 Å². The molecule has 0 bridgehead atoms. The Bertz CT molecular complexity index is 645. The lowest BCUT2D eigenvalue weighted by atomic mass is 9.95. The number of benzene rings is 1. The van der Waals surface area contributed by atoms with Gasteiger partial charge in [0.1, 0.15) is 5.67 Å². The minimum Gasteiger partial charge on any atom is -0.379 e. The Hall–Kier alpha value is -1.02. The number of piperidine rings is 1. The fraction of sp³-hybridized carbons (Fsp3) is 0.647. The predicted molar refractivity (Wildman–Crippen MR) is 90.0 cm³/mol. The van der Waals surface area contributed by atoms with Gasteiger partial charge in [0.05, 0.1) is 18.1 Å². The monoisotopic (exact) mass is 356 g/mol. The Balaban J connectivity index is 1.63. The summed E-state index contributed by atoms with van der Waals surface area (Å²) >= 11 is 0. The van der Waals surface area contributed by atoms with E-state index in [1.54, 1.807) is 19.1 Å². The number of halogens is 1. The Morgan fingerprint density at radius 3 is 2.25 bits per heavy atom. The zero-order chi connectivity index (χ0) is 17.2. The van der Waals surface area contributed by atoms with Crippen LogP contribution in [0.1, 0.15) is 25.3 Å². The van der Waals surface area contributed by atoms with Gasteiger partial charge in [0.2, 0.25) is 10.0 Å². The molecule has 0 saturated carbocycles. The Labute approximate surface area is 143 Å². The van der Waals surface area contributed by atoms with E-state index in [2.05, 4.69) is 4.90 Å². The molecule has 2 fully saturated rings. The highest BCUT2D eigenvalue weighted by atomic mass is 32.2. The molecule has 0 N–H and O–H groups in total. The summed E-state index contributed by atoms with van der Waals surface area (Å²) in [4.78, 5) is 2.54. The largest absolute Gasteiger partial charge is 0.379 e. The summed E-state index contributed by atoms with van der Waals surface area (Å²) < 4.78 is 45.7. The number of likely N-dealkylation sites (tertiary alicyclic amines) is 1. The number of sulfonamides is 1. The molecule has 24 heavy (non-hydrogen) atoms. The highest BCUT2D eigenvalue weighted by Crippen LogP contribution is 2.26. The molecule has 0 unspecified atom stereocenters. The molecule has 1 aromatic rings. The summed E-state index contributed by atoms with van der Waals surface area (Å²) in [7, 11) is -3.44. The Morgan fingerprint density at radius 1 is 1.08 bits per heavy atom. The van der Waals surface area contributed by atoms with Gasteiger partial charge in [-0.25, -0.2) is 12.8 Å². The molecule has 7 heteroatoms. The standard InChI is InChI=1S/C17H25FN2O3S/c1-17(18)6-8-19(9-7-17)14-15-2-4-16(5-3-15)24(21,22)20-10-12-23-13-11-20/h2-5H,6-14H2,1H3. The van der Waals surface area contributed by atoms with Gasteiger partial charge in [0, 0.05) is 32.7 Å². The minimum atomic E-state index is -3.44. The zero-order valence-corrected chi connectivity index (χ0v) is 14.9. The topological polar surface area (TPSA) is 49.9 Å². The van der Waals surface area contributed by atoms with Gasteiger partial charge in [-0.1, -0.05) is 12.1 Å². The molecule has 2 heterocycles. The quantitative estimate of drug-likeness (QED) is 0.828. The number of hydrogen-bond acceptors (Lipinski definition) is 4. The highest BCUT2D eigenvalue weighted by Gasteiger charge is 2.29. The molecule has 0 aliphatic carbocycles. The predicted octanol–water partition coefficient (Wildman–Crippen LogP) is 2.03. The number of nitrogens with zero attached hydrogens (tertiary/aromatic N) is 2. The van der Waals surface area contributed by atoms with E-state index in [-0.39, 0.29) is 0 Å². The van der Waals surface area contributed by atoms with Crippen LogP contribution in [0.4, 0.5) is 4.39 Å². The maximum Gasteiger partial charge on any atom is 0.243 e. The summed E-state index contributed by atoms with van der Waals surface area (Å²) in [5.41, 5.74) is 0.00505. The second-order valence-corrected chi connectivity index (χ2v) is 8.79. The van der Waals surface area contributed by atoms with E-state index >= 15 is 0 Å². The van der Waals surface area contributed by atoms with Crippen molar-refractivity contribution in [3.63, 3.8) is 0 Å². The molecule has 0 atom stereocenters. The van der Waals surface area contributed by atoms with Crippen LogP contribution in [0, 0.1) is 0 Å². The number of rotatable bonds is 4. The van der Waals surface area contributed by atoms with Crippen molar-refractivity contribution in [2.75, 3.05) is 39.4 Å². The average Bonchev–Trinajstić information content (AvgIpc) is 2.58. The smallest absolute Gasteiger partial charge is 0.243 e. The normalized spacial score (nSPS) is 23.2. The number of alkyl halides is 1. The maximum atomic E-state index is 13.8. The Morgan fingerprint density at radius 2 is 1.67 bits per heavy atom. The molecule has 2 saturated heterocycles. The lowest BCUT2D eigenvalue weighted by molar-refractivity contribution is 0.0704. The lowest BCUT2D eigenvalue weighted by Gasteiger charge is -2.34. The average molecular weight is 356 g/mol. The molecule has 2 aliphatic heterocycles. The first kappa shape index (κ1) is 17.8. The van der Waals surface area contributed by atoms with Crippen LogP contribution in [0.5, 0.6) is 0 Å². The third-order valence-electron chi connectivity index (χ3n) is 4.84. The van der Waals surface area contributed by atoms with Crippen molar-refractivity contribution in [2.24, 2.45) is 0 Å². The molecule has 3 rings (SSSR count). The van der Waals surface area contributed by atoms with Crippen LogP contribution >= 0.6 is 0 Å². The van der Waals surface area contributed by atoms with Crippen molar-refractivity contribution in [2.45, 2.75) is 36.9 Å². The highest BCUT2D eigenvalue weighted by molar-refractivity contribution is 7.89. The van der Waals surface area contributed by atoms with Crippen LogP contribution in [0.3, 0.4) is 0 Å². The fourth-order valence-corrected chi connectivity index (χ4v) is 4.55.